The van der Waals surface area contributed by atoms with Gasteiger partial charge in [-0.3, -0.25) is 0 Å². The van der Waals surface area contributed by atoms with Crippen molar-refractivity contribution in [2.24, 2.45) is 10.4 Å². The molecule has 1 atom stereocenters. The summed E-state index contributed by atoms with van der Waals surface area (Å²) in [5.41, 5.74) is 0.881. The van der Waals surface area contributed by atoms with E-state index in [-0.39, 0.29) is 41.8 Å². The summed E-state index contributed by atoms with van der Waals surface area (Å²) in [6, 6.07) is 9.50. The van der Waals surface area contributed by atoms with Gasteiger partial charge >= 0.3 is 0 Å². The average molecular weight is 544 g/mol. The Balaban J connectivity index is 0.00000341. The van der Waals surface area contributed by atoms with E-state index in [4.69, 9.17) is 9.47 Å². The van der Waals surface area contributed by atoms with E-state index < -0.39 is 0 Å². The lowest BCUT2D eigenvalue weighted by Gasteiger charge is -2.27. The number of guanidine groups is 1. The molecule has 31 heavy (non-hydrogen) atoms. The number of rotatable bonds is 9. The number of nitrogens with one attached hydrogen (secondary N) is 2. The number of aliphatic imine (C=N–C) groups is 1. The molecule has 1 saturated heterocycles. The van der Waals surface area contributed by atoms with Gasteiger partial charge in [-0.1, -0.05) is 0 Å². The molecular weight excluding hydrogens is 514 g/mol. The second-order valence-electron chi connectivity index (χ2n) is 7.38. The van der Waals surface area contributed by atoms with Crippen LogP contribution in [0, 0.1) is 11.2 Å². The van der Waals surface area contributed by atoms with Crippen LogP contribution in [-0.4, -0.2) is 49.0 Å². The SMILES string of the molecule is CCNC(=NCc1ccnc(Oc2ccc(F)cc2)c1)NCC1(CCO)CCOC1.I. The minimum atomic E-state index is -0.313. The topological polar surface area (TPSA) is 88.0 Å². The van der Waals surface area contributed by atoms with Crippen LogP contribution in [0.5, 0.6) is 11.6 Å². The third-order valence-corrected chi connectivity index (χ3v) is 5.06. The van der Waals surface area contributed by atoms with Crippen LogP contribution in [0.4, 0.5) is 4.39 Å². The summed E-state index contributed by atoms with van der Waals surface area (Å²) >= 11 is 0. The minimum Gasteiger partial charge on any atom is -0.439 e. The highest BCUT2D eigenvalue weighted by Gasteiger charge is 2.34. The monoisotopic (exact) mass is 544 g/mol. The van der Waals surface area contributed by atoms with Gasteiger partial charge in [0.2, 0.25) is 5.88 Å². The lowest BCUT2D eigenvalue weighted by molar-refractivity contribution is 0.127. The largest absolute Gasteiger partial charge is 0.439 e. The van der Waals surface area contributed by atoms with Crippen molar-refractivity contribution in [1.29, 1.82) is 0 Å². The zero-order chi connectivity index (χ0) is 21.2. The molecule has 1 fully saturated rings. The Morgan fingerprint density at radius 2 is 2.10 bits per heavy atom. The molecule has 2 heterocycles. The third kappa shape index (κ3) is 7.89. The van der Waals surface area contributed by atoms with Gasteiger partial charge in [0, 0.05) is 44.0 Å². The highest BCUT2D eigenvalue weighted by Crippen LogP contribution is 2.31. The number of ether oxygens (including phenoxy) is 2. The Labute approximate surface area is 199 Å². The number of hydrogen-bond acceptors (Lipinski definition) is 5. The van der Waals surface area contributed by atoms with Crippen LogP contribution in [0.1, 0.15) is 25.3 Å². The number of benzene rings is 1. The molecule has 0 bridgehead atoms. The lowest BCUT2D eigenvalue weighted by atomic mass is 9.84. The molecule has 1 aliphatic heterocycles. The van der Waals surface area contributed by atoms with E-state index in [2.05, 4.69) is 20.6 Å². The second kappa shape index (κ2) is 12.8. The Bertz CT molecular complexity index is 830. The molecule has 0 radical (unpaired) electrons. The number of aromatic nitrogens is 1. The molecule has 170 valence electrons. The fourth-order valence-corrected chi connectivity index (χ4v) is 3.32. The van der Waals surface area contributed by atoms with E-state index in [1.807, 2.05) is 19.1 Å². The first kappa shape index (κ1) is 25.3. The van der Waals surface area contributed by atoms with Gasteiger partial charge in [0.15, 0.2) is 5.96 Å². The molecule has 0 spiro atoms. The molecule has 3 rings (SSSR count). The van der Waals surface area contributed by atoms with Crippen molar-refractivity contribution in [2.75, 3.05) is 32.9 Å². The van der Waals surface area contributed by atoms with Crippen LogP contribution in [-0.2, 0) is 11.3 Å². The molecule has 1 aromatic carbocycles. The van der Waals surface area contributed by atoms with Crippen LogP contribution >= 0.6 is 24.0 Å². The summed E-state index contributed by atoms with van der Waals surface area (Å²) in [4.78, 5) is 8.86. The smallest absolute Gasteiger partial charge is 0.219 e. The van der Waals surface area contributed by atoms with Crippen LogP contribution in [0.15, 0.2) is 47.6 Å². The quantitative estimate of drug-likeness (QED) is 0.255. The van der Waals surface area contributed by atoms with Gasteiger partial charge in [-0.05, 0) is 55.7 Å². The van der Waals surface area contributed by atoms with Crippen molar-refractivity contribution in [3.05, 3.63) is 54.0 Å². The predicted octanol–water partition coefficient (Wildman–Crippen LogP) is 3.48. The van der Waals surface area contributed by atoms with Crippen molar-refractivity contribution >= 4 is 29.9 Å². The summed E-state index contributed by atoms with van der Waals surface area (Å²) in [5, 5.41) is 16.0. The molecule has 1 unspecified atom stereocenters. The number of aliphatic hydroxyl groups excluding tert-OH is 1. The number of aliphatic hydroxyl groups is 1. The molecule has 9 heteroatoms. The van der Waals surface area contributed by atoms with Gasteiger partial charge in [0.1, 0.15) is 11.6 Å². The summed E-state index contributed by atoms with van der Waals surface area (Å²) in [7, 11) is 0. The van der Waals surface area contributed by atoms with Gasteiger partial charge in [-0.15, -0.1) is 24.0 Å². The predicted molar refractivity (Wildman–Crippen MR) is 129 cm³/mol. The highest BCUT2D eigenvalue weighted by molar-refractivity contribution is 14.0. The van der Waals surface area contributed by atoms with Crippen molar-refractivity contribution in [1.82, 2.24) is 15.6 Å². The van der Waals surface area contributed by atoms with Gasteiger partial charge in [0.05, 0.1) is 13.2 Å². The minimum absolute atomic E-state index is 0. The number of halogens is 2. The molecule has 3 N–H and O–H groups in total. The van der Waals surface area contributed by atoms with E-state index in [1.54, 1.807) is 18.3 Å². The zero-order valence-corrected chi connectivity index (χ0v) is 20.0. The molecular formula is C22H30FIN4O3. The molecule has 0 amide bonds. The van der Waals surface area contributed by atoms with Crippen molar-refractivity contribution in [2.45, 2.75) is 26.3 Å². The molecule has 1 aliphatic rings. The molecule has 0 saturated carbocycles. The normalized spacial score (nSPS) is 18.4. The average Bonchev–Trinajstić information content (AvgIpc) is 3.21. The summed E-state index contributed by atoms with van der Waals surface area (Å²) in [5.74, 6) is 1.34. The van der Waals surface area contributed by atoms with E-state index in [0.717, 1.165) is 25.1 Å². The maximum Gasteiger partial charge on any atom is 0.219 e. The maximum absolute atomic E-state index is 13.0. The van der Waals surface area contributed by atoms with Gasteiger partial charge in [-0.2, -0.15) is 0 Å². The van der Waals surface area contributed by atoms with E-state index in [0.29, 0.717) is 43.7 Å². The fraction of sp³-hybridized carbons (Fsp3) is 0.455. The van der Waals surface area contributed by atoms with Crippen molar-refractivity contribution < 1.29 is 19.0 Å². The Morgan fingerprint density at radius 3 is 2.77 bits per heavy atom. The zero-order valence-electron chi connectivity index (χ0n) is 17.6. The Morgan fingerprint density at radius 1 is 1.29 bits per heavy atom. The van der Waals surface area contributed by atoms with Gasteiger partial charge in [-0.25, -0.2) is 14.4 Å². The van der Waals surface area contributed by atoms with E-state index in [9.17, 15) is 9.50 Å². The molecule has 1 aromatic heterocycles. The maximum atomic E-state index is 13.0. The van der Waals surface area contributed by atoms with Gasteiger partial charge < -0.3 is 25.2 Å². The first-order chi connectivity index (χ1) is 14.6. The van der Waals surface area contributed by atoms with Crippen LogP contribution in [0.25, 0.3) is 0 Å². The first-order valence-electron chi connectivity index (χ1n) is 10.2. The van der Waals surface area contributed by atoms with Crippen LogP contribution in [0.3, 0.4) is 0 Å². The van der Waals surface area contributed by atoms with Crippen LogP contribution < -0.4 is 15.4 Å². The lowest BCUT2D eigenvalue weighted by Crippen LogP contribution is -2.44. The molecule has 2 aromatic rings. The van der Waals surface area contributed by atoms with E-state index in [1.165, 1.54) is 12.1 Å². The summed E-state index contributed by atoms with van der Waals surface area (Å²) in [6.45, 7) is 5.41. The van der Waals surface area contributed by atoms with Crippen molar-refractivity contribution in [3.8, 4) is 11.6 Å². The van der Waals surface area contributed by atoms with E-state index >= 15 is 0 Å². The number of nitrogens with zero attached hydrogens (tertiary/aromatic N) is 2. The third-order valence-electron chi connectivity index (χ3n) is 5.06. The van der Waals surface area contributed by atoms with Crippen LogP contribution in [0.2, 0.25) is 0 Å². The molecule has 0 aliphatic carbocycles. The fourth-order valence-electron chi connectivity index (χ4n) is 3.32. The molecule has 7 nitrogen and oxygen atoms in total. The highest BCUT2D eigenvalue weighted by atomic mass is 127. The number of pyridine rings is 1. The Hall–Kier alpha value is -1.98. The number of hydrogen-bond donors (Lipinski definition) is 3. The Kier molecular flexibility index (Phi) is 10.4. The first-order valence-corrected chi connectivity index (χ1v) is 10.2. The summed E-state index contributed by atoms with van der Waals surface area (Å²) in [6.07, 6.45) is 3.29. The second-order valence-corrected chi connectivity index (χ2v) is 7.38. The van der Waals surface area contributed by atoms with Crippen molar-refractivity contribution in [3.63, 3.8) is 0 Å². The summed E-state index contributed by atoms with van der Waals surface area (Å²) < 4.78 is 24.3. The standard InChI is InChI=1S/C22H29FN4O3.HI/c1-2-24-21(27-15-22(8-11-28)9-12-29-16-22)26-14-17-7-10-25-20(13-17)30-19-5-3-18(23)4-6-19;/h3-7,10,13,28H,2,8-9,11-12,14-16H2,1H3,(H2,24,26,27);1H. The van der Waals surface area contributed by atoms with Gasteiger partial charge in [0.25, 0.3) is 0 Å².